The number of allylic oxidation sites excluding steroid dienone is 5. The summed E-state index contributed by atoms with van der Waals surface area (Å²) in [6, 6.07) is -0.996. The van der Waals surface area contributed by atoms with E-state index in [4.69, 9.17) is 28.4 Å². The Hall–Kier alpha value is -1.99. The second-order valence-corrected chi connectivity index (χ2v) is 28.9. The zero-order valence-electron chi connectivity index (χ0n) is 61.5. The van der Waals surface area contributed by atoms with Gasteiger partial charge >= 0.3 is 0 Å². The summed E-state index contributed by atoms with van der Waals surface area (Å²) in [5, 5.41) is 121. The number of nitrogens with one attached hydrogen (secondary N) is 1. The number of aliphatic hydroxyl groups is 11. The largest absolute Gasteiger partial charge is 0.394 e. The summed E-state index contributed by atoms with van der Waals surface area (Å²) < 4.78 is 34.4. The molecular formula is C79H147NO18. The van der Waals surface area contributed by atoms with Crippen LogP contribution >= 0.6 is 0 Å². The molecule has 3 saturated heterocycles. The topological polar surface area (TPSA) is 307 Å². The molecule has 0 bridgehead atoms. The van der Waals surface area contributed by atoms with Gasteiger partial charge in [0.05, 0.1) is 38.6 Å². The maximum atomic E-state index is 13.4. The molecule has 3 rings (SSSR count). The molecule has 3 aliphatic heterocycles. The zero-order valence-corrected chi connectivity index (χ0v) is 61.5. The molecule has 3 heterocycles. The van der Waals surface area contributed by atoms with Gasteiger partial charge in [0.15, 0.2) is 18.9 Å². The first kappa shape index (κ1) is 90.2. The normalized spacial score (nSPS) is 26.9. The molecule has 1 amide bonds. The van der Waals surface area contributed by atoms with Crippen molar-refractivity contribution in [2.45, 2.75) is 433 Å². The van der Waals surface area contributed by atoms with Gasteiger partial charge in [0.1, 0.15) is 73.2 Å². The van der Waals surface area contributed by atoms with Crippen molar-refractivity contribution < 1.29 is 89.4 Å². The molecule has 3 aliphatic rings. The highest BCUT2D eigenvalue weighted by Gasteiger charge is 2.54. The van der Waals surface area contributed by atoms with Crippen LogP contribution in [0.4, 0.5) is 0 Å². The van der Waals surface area contributed by atoms with Crippen LogP contribution in [0.2, 0.25) is 0 Å². The number of hydrogen-bond donors (Lipinski definition) is 12. The summed E-state index contributed by atoms with van der Waals surface area (Å²) in [7, 11) is 0. The van der Waals surface area contributed by atoms with Gasteiger partial charge in [0.2, 0.25) is 5.91 Å². The van der Waals surface area contributed by atoms with E-state index >= 15 is 0 Å². The molecule has 19 heteroatoms. The number of amides is 1. The summed E-state index contributed by atoms with van der Waals surface area (Å²) in [6.45, 7) is 1.76. The Bertz CT molecular complexity index is 1910. The third-order valence-electron chi connectivity index (χ3n) is 20.2. The molecule has 0 aromatic carbocycles. The van der Waals surface area contributed by atoms with Crippen molar-refractivity contribution >= 4 is 5.91 Å². The maximum absolute atomic E-state index is 13.4. The van der Waals surface area contributed by atoms with Crippen molar-refractivity contribution in [2.24, 2.45) is 0 Å². The first-order valence-corrected chi connectivity index (χ1v) is 40.2. The van der Waals surface area contributed by atoms with Crippen molar-refractivity contribution in [2.75, 3.05) is 26.4 Å². The molecule has 19 nitrogen and oxygen atoms in total. The highest BCUT2D eigenvalue weighted by atomic mass is 16.8. The van der Waals surface area contributed by atoms with Crippen LogP contribution in [0.1, 0.15) is 328 Å². The van der Waals surface area contributed by atoms with E-state index in [2.05, 4.69) is 43.5 Å². The molecule has 576 valence electrons. The fourth-order valence-corrected chi connectivity index (χ4v) is 13.7. The summed E-state index contributed by atoms with van der Waals surface area (Å²) >= 11 is 0. The van der Waals surface area contributed by atoms with Crippen LogP contribution in [-0.2, 0) is 33.2 Å². The molecule has 0 aromatic rings. The number of unbranched alkanes of at least 4 members (excludes halogenated alkanes) is 44. The van der Waals surface area contributed by atoms with Crippen molar-refractivity contribution in [3.8, 4) is 0 Å². The first-order chi connectivity index (χ1) is 47.8. The Kier molecular flexibility index (Phi) is 55.5. The number of rotatable bonds is 64. The van der Waals surface area contributed by atoms with Gasteiger partial charge in [-0.05, 0) is 44.9 Å². The number of ether oxygens (including phenoxy) is 6. The standard InChI is InChI=1S/C79H147NO18/c1-3-5-7-9-11-13-15-17-19-21-23-25-26-27-28-29-30-31-32-33-34-35-37-38-40-42-44-46-48-50-52-54-56-63(84)62(80-67(85)57-55-53-51-49-47-45-43-41-39-36-24-22-20-18-16-14-12-10-8-6-4-2)61-93-77-73(91)70(88)75(65(59-82)95-77)98-79-74(92)71(89)76(66(60-83)96-79)97-78-72(90)69(87)68(86)64(58-81)94-78/h38,40,46,48,54,56,62-66,68-79,81-84,86-92H,3-37,39,41-45,47,49-53,55,57-61H2,1-2H3,(H,80,85)/b40-38+,48-46+,56-54+. The van der Waals surface area contributed by atoms with Crippen LogP contribution in [0.25, 0.3) is 0 Å². The van der Waals surface area contributed by atoms with Crippen molar-refractivity contribution in [1.82, 2.24) is 5.32 Å². The van der Waals surface area contributed by atoms with Gasteiger partial charge in [-0.25, -0.2) is 0 Å². The first-order valence-electron chi connectivity index (χ1n) is 40.2. The SMILES string of the molecule is CCCCCCCCCCCCCCCCCCCCCCCC/C=C/CC/C=C/CC/C=C/C(O)C(COC1OC(CO)C(OC2OC(CO)C(OC3OC(CO)C(O)C(O)C3O)C(O)C2O)C(O)C1O)NC(=O)CCCCCCCCCCCCCCCCCCCCCCC. The molecule has 3 fully saturated rings. The average Bonchev–Trinajstić information content (AvgIpc) is 0.785. The third-order valence-corrected chi connectivity index (χ3v) is 20.2. The van der Waals surface area contributed by atoms with Crippen molar-refractivity contribution in [3.05, 3.63) is 36.5 Å². The van der Waals surface area contributed by atoms with Crippen LogP contribution in [0.3, 0.4) is 0 Å². The number of aliphatic hydroxyl groups excluding tert-OH is 11. The molecule has 17 unspecified atom stereocenters. The summed E-state index contributed by atoms with van der Waals surface area (Å²) in [5.74, 6) is -0.283. The molecule has 12 N–H and O–H groups in total. The smallest absolute Gasteiger partial charge is 0.220 e. The van der Waals surface area contributed by atoms with Gasteiger partial charge in [-0.3, -0.25) is 4.79 Å². The van der Waals surface area contributed by atoms with Crippen LogP contribution in [-0.4, -0.2) is 193 Å². The Labute approximate surface area is 593 Å². The van der Waals surface area contributed by atoms with Crippen molar-refractivity contribution in [1.29, 1.82) is 0 Å². The lowest BCUT2D eigenvalue weighted by Gasteiger charge is -2.48. The quantitative estimate of drug-likeness (QED) is 0.0199. The Morgan fingerprint density at radius 2 is 0.653 bits per heavy atom. The molecule has 17 atom stereocenters. The van der Waals surface area contributed by atoms with Crippen LogP contribution in [0.15, 0.2) is 36.5 Å². The van der Waals surface area contributed by atoms with Gasteiger partial charge in [0, 0.05) is 6.42 Å². The second kappa shape index (κ2) is 60.3. The van der Waals surface area contributed by atoms with E-state index in [9.17, 15) is 61.0 Å². The number of carbonyl (C=O) groups is 1. The Morgan fingerprint density at radius 3 is 1.02 bits per heavy atom. The molecule has 0 spiro atoms. The van der Waals surface area contributed by atoms with Gasteiger partial charge in [-0.1, -0.05) is 314 Å². The fraction of sp³-hybridized carbons (Fsp3) is 0.911. The Morgan fingerprint density at radius 1 is 0.357 bits per heavy atom. The summed E-state index contributed by atoms with van der Waals surface area (Å²) in [5.41, 5.74) is 0. The molecule has 0 aliphatic carbocycles. The minimum absolute atomic E-state index is 0.236. The zero-order chi connectivity index (χ0) is 71.1. The summed E-state index contributed by atoms with van der Waals surface area (Å²) in [6.07, 6.45) is 47.2. The highest BCUT2D eigenvalue weighted by Crippen LogP contribution is 2.33. The molecule has 98 heavy (non-hydrogen) atoms. The predicted octanol–water partition coefficient (Wildman–Crippen LogP) is 13.1. The van der Waals surface area contributed by atoms with E-state index in [0.29, 0.717) is 12.8 Å². The predicted molar refractivity (Wildman–Crippen MR) is 388 cm³/mol. The minimum Gasteiger partial charge on any atom is -0.394 e. The second-order valence-electron chi connectivity index (χ2n) is 28.9. The van der Waals surface area contributed by atoms with Crippen LogP contribution in [0.5, 0.6) is 0 Å². The van der Waals surface area contributed by atoms with E-state index < -0.39 is 124 Å². The monoisotopic (exact) mass is 1400 g/mol. The lowest BCUT2D eigenvalue weighted by Crippen LogP contribution is -2.66. The van der Waals surface area contributed by atoms with Gasteiger partial charge in [-0.2, -0.15) is 0 Å². The van der Waals surface area contributed by atoms with E-state index in [-0.39, 0.29) is 18.9 Å². The molecule has 0 saturated carbocycles. The van der Waals surface area contributed by atoms with E-state index in [1.165, 1.54) is 250 Å². The van der Waals surface area contributed by atoms with E-state index in [1.807, 2.05) is 6.08 Å². The number of carbonyl (C=O) groups excluding carboxylic acids is 1. The average molecular weight is 1400 g/mol. The van der Waals surface area contributed by atoms with Gasteiger partial charge in [0.25, 0.3) is 0 Å². The maximum Gasteiger partial charge on any atom is 0.220 e. The molecule has 0 aromatic heterocycles. The summed E-state index contributed by atoms with van der Waals surface area (Å²) in [4.78, 5) is 13.4. The van der Waals surface area contributed by atoms with Crippen LogP contribution < -0.4 is 5.32 Å². The van der Waals surface area contributed by atoms with Crippen molar-refractivity contribution in [3.63, 3.8) is 0 Å². The molecule has 0 radical (unpaired) electrons. The Balaban J connectivity index is 1.39. The fourth-order valence-electron chi connectivity index (χ4n) is 13.7. The number of hydrogen-bond acceptors (Lipinski definition) is 18. The van der Waals surface area contributed by atoms with E-state index in [1.54, 1.807) is 6.08 Å². The van der Waals surface area contributed by atoms with Crippen LogP contribution in [0, 0.1) is 0 Å². The third kappa shape index (κ3) is 40.3. The van der Waals surface area contributed by atoms with E-state index in [0.717, 1.165) is 44.9 Å². The van der Waals surface area contributed by atoms with Gasteiger partial charge < -0.3 is 89.9 Å². The molecular weight excluding hydrogens is 1250 g/mol. The lowest BCUT2D eigenvalue weighted by atomic mass is 9.96. The lowest BCUT2D eigenvalue weighted by molar-refractivity contribution is -0.379. The highest BCUT2D eigenvalue weighted by molar-refractivity contribution is 5.76. The minimum atomic E-state index is -1.98. The van der Waals surface area contributed by atoms with Gasteiger partial charge in [-0.15, -0.1) is 0 Å².